The molecule has 2 aromatic carbocycles. The van der Waals surface area contributed by atoms with Crippen LogP contribution in [-0.4, -0.2) is 60.8 Å². The van der Waals surface area contributed by atoms with Crippen LogP contribution in [-0.2, 0) is 32.5 Å². The molecule has 0 radical (unpaired) electrons. The molecule has 0 bridgehead atoms. The fraction of sp³-hybridized carbons (Fsp3) is 0.286. The van der Waals surface area contributed by atoms with Crippen LogP contribution in [0.25, 0.3) is 10.9 Å². The number of carbonyl (C=O) groups is 2. The molecule has 0 atom stereocenters. The maximum absolute atomic E-state index is 12.5. The number of aromatic nitrogens is 2. The van der Waals surface area contributed by atoms with Crippen molar-refractivity contribution in [3.63, 3.8) is 0 Å². The van der Waals surface area contributed by atoms with Gasteiger partial charge in [-0.15, -0.1) is 0 Å². The summed E-state index contributed by atoms with van der Waals surface area (Å²) in [6.07, 6.45) is 2.81. The van der Waals surface area contributed by atoms with Crippen LogP contribution >= 0.6 is 11.6 Å². The van der Waals surface area contributed by atoms with Crippen molar-refractivity contribution in [1.29, 1.82) is 0 Å². The molecular formula is C21H22ClN5O4S. The summed E-state index contributed by atoms with van der Waals surface area (Å²) in [6, 6.07) is 10.1. The standard InChI is InChI=1S/C21H22ClN5O4S/c1-32(30,31)19-10-15(24-20(28)8-14-4-2-3-5-17(14)22)9-18-16(19)11-27(25-18)13-26-7-6-23-21(29)12-26/h2-5,9-11H,6-8,12-13H2,1H3,(H,23,29)(H,24,28). The van der Waals surface area contributed by atoms with Gasteiger partial charge in [0, 0.05) is 41.6 Å². The van der Waals surface area contributed by atoms with Gasteiger partial charge in [-0.1, -0.05) is 29.8 Å². The van der Waals surface area contributed by atoms with Gasteiger partial charge in [0.1, 0.15) is 0 Å². The second kappa shape index (κ2) is 8.89. The van der Waals surface area contributed by atoms with E-state index in [0.29, 0.717) is 46.9 Å². The zero-order valence-corrected chi connectivity index (χ0v) is 18.9. The molecule has 0 aliphatic carbocycles. The Hall–Kier alpha value is -2.95. The van der Waals surface area contributed by atoms with Crippen LogP contribution in [0.3, 0.4) is 0 Å². The van der Waals surface area contributed by atoms with Gasteiger partial charge in [0.2, 0.25) is 11.8 Å². The van der Waals surface area contributed by atoms with Crippen molar-refractivity contribution in [3.05, 3.63) is 53.2 Å². The van der Waals surface area contributed by atoms with Crippen LogP contribution < -0.4 is 10.6 Å². The van der Waals surface area contributed by atoms with E-state index in [0.717, 1.165) is 6.26 Å². The minimum Gasteiger partial charge on any atom is -0.354 e. The van der Waals surface area contributed by atoms with Crippen LogP contribution in [0.5, 0.6) is 0 Å². The van der Waals surface area contributed by atoms with Crippen molar-refractivity contribution in [1.82, 2.24) is 20.0 Å². The molecule has 1 aromatic heterocycles. The molecule has 0 spiro atoms. The van der Waals surface area contributed by atoms with Gasteiger partial charge in [0.25, 0.3) is 0 Å². The van der Waals surface area contributed by atoms with Gasteiger partial charge in [0.05, 0.1) is 30.0 Å². The summed E-state index contributed by atoms with van der Waals surface area (Å²) in [5.74, 6) is -0.385. The van der Waals surface area contributed by atoms with Gasteiger partial charge >= 0.3 is 0 Å². The number of halogens is 1. The van der Waals surface area contributed by atoms with Crippen molar-refractivity contribution >= 4 is 49.8 Å². The van der Waals surface area contributed by atoms with E-state index in [1.165, 1.54) is 6.07 Å². The molecule has 1 saturated heterocycles. The number of amides is 2. The first kappa shape index (κ1) is 22.3. The van der Waals surface area contributed by atoms with Crippen LogP contribution in [0.15, 0.2) is 47.5 Å². The molecule has 168 valence electrons. The van der Waals surface area contributed by atoms with E-state index < -0.39 is 9.84 Å². The Kier molecular flexibility index (Phi) is 6.18. The lowest BCUT2D eigenvalue weighted by molar-refractivity contribution is -0.124. The van der Waals surface area contributed by atoms with E-state index in [4.69, 9.17) is 11.6 Å². The van der Waals surface area contributed by atoms with Crippen LogP contribution in [0.4, 0.5) is 5.69 Å². The van der Waals surface area contributed by atoms with E-state index in [1.807, 2.05) is 4.90 Å². The predicted octanol–water partition coefficient (Wildman–Crippen LogP) is 1.66. The highest BCUT2D eigenvalue weighted by molar-refractivity contribution is 7.91. The number of benzene rings is 2. The molecule has 1 aliphatic heterocycles. The zero-order valence-electron chi connectivity index (χ0n) is 17.3. The van der Waals surface area contributed by atoms with Crippen LogP contribution in [0.2, 0.25) is 5.02 Å². The van der Waals surface area contributed by atoms with E-state index in [2.05, 4.69) is 15.7 Å². The maximum atomic E-state index is 12.5. The van der Waals surface area contributed by atoms with Gasteiger partial charge in [-0.3, -0.25) is 19.2 Å². The smallest absolute Gasteiger partial charge is 0.234 e. The Morgan fingerprint density at radius 3 is 2.78 bits per heavy atom. The Morgan fingerprint density at radius 1 is 1.28 bits per heavy atom. The van der Waals surface area contributed by atoms with E-state index in [-0.39, 0.29) is 29.7 Å². The second-order valence-corrected chi connectivity index (χ2v) is 10.1. The van der Waals surface area contributed by atoms with Crippen molar-refractivity contribution < 1.29 is 18.0 Å². The van der Waals surface area contributed by atoms with Gasteiger partial charge < -0.3 is 10.6 Å². The molecular weight excluding hydrogens is 454 g/mol. The van der Waals surface area contributed by atoms with E-state index in [9.17, 15) is 18.0 Å². The molecule has 2 N–H and O–H groups in total. The summed E-state index contributed by atoms with van der Waals surface area (Å²) in [7, 11) is -3.59. The maximum Gasteiger partial charge on any atom is 0.234 e. The summed E-state index contributed by atoms with van der Waals surface area (Å²) >= 11 is 6.13. The molecule has 2 amide bonds. The fourth-order valence-electron chi connectivity index (χ4n) is 3.63. The minimum absolute atomic E-state index is 0.0530. The lowest BCUT2D eigenvalue weighted by Gasteiger charge is -2.25. The molecule has 0 saturated carbocycles. The summed E-state index contributed by atoms with van der Waals surface area (Å²) < 4.78 is 26.5. The molecule has 32 heavy (non-hydrogen) atoms. The van der Waals surface area contributed by atoms with Crippen molar-refractivity contribution in [2.75, 3.05) is 31.2 Å². The molecule has 1 aliphatic rings. The van der Waals surface area contributed by atoms with E-state index >= 15 is 0 Å². The van der Waals surface area contributed by atoms with Crippen molar-refractivity contribution in [3.8, 4) is 0 Å². The van der Waals surface area contributed by atoms with Gasteiger partial charge in [-0.2, -0.15) is 5.10 Å². The van der Waals surface area contributed by atoms with Crippen molar-refractivity contribution in [2.45, 2.75) is 18.0 Å². The Bertz CT molecular complexity index is 1300. The highest BCUT2D eigenvalue weighted by Gasteiger charge is 2.20. The first-order chi connectivity index (χ1) is 15.2. The number of nitrogens with one attached hydrogen (secondary N) is 2. The molecule has 3 aromatic rings. The number of fused-ring (bicyclic) bond motifs is 1. The number of nitrogens with zero attached hydrogens (tertiary/aromatic N) is 3. The highest BCUT2D eigenvalue weighted by atomic mass is 35.5. The number of rotatable bonds is 6. The number of anilines is 1. The number of carbonyl (C=O) groups excluding carboxylic acids is 2. The number of piperazine rings is 1. The normalized spacial score (nSPS) is 15.0. The average Bonchev–Trinajstić information content (AvgIpc) is 3.10. The Morgan fingerprint density at radius 2 is 2.06 bits per heavy atom. The number of hydrogen-bond acceptors (Lipinski definition) is 6. The quantitative estimate of drug-likeness (QED) is 0.560. The molecule has 1 fully saturated rings. The van der Waals surface area contributed by atoms with Crippen LogP contribution in [0.1, 0.15) is 5.56 Å². The summed E-state index contributed by atoms with van der Waals surface area (Å²) in [5, 5.41) is 10.9. The molecule has 2 heterocycles. The minimum atomic E-state index is -3.59. The Balaban J connectivity index is 1.61. The fourth-order valence-corrected chi connectivity index (χ4v) is 4.73. The lowest BCUT2D eigenvalue weighted by atomic mass is 10.1. The summed E-state index contributed by atoms with van der Waals surface area (Å²) in [6.45, 7) is 1.82. The monoisotopic (exact) mass is 475 g/mol. The number of hydrogen-bond donors (Lipinski definition) is 2. The second-order valence-electron chi connectivity index (χ2n) is 7.71. The molecule has 0 unspecified atom stereocenters. The first-order valence-corrected chi connectivity index (χ1v) is 12.2. The van der Waals surface area contributed by atoms with Gasteiger partial charge in [0.15, 0.2) is 9.84 Å². The molecule has 9 nitrogen and oxygen atoms in total. The molecule has 4 rings (SSSR count). The summed E-state index contributed by atoms with van der Waals surface area (Å²) in [5.41, 5.74) is 1.44. The number of sulfone groups is 1. The lowest BCUT2D eigenvalue weighted by Crippen LogP contribution is -2.47. The molecule has 11 heteroatoms. The third-order valence-electron chi connectivity index (χ3n) is 5.09. The first-order valence-electron chi connectivity index (χ1n) is 9.92. The Labute approximate surface area is 190 Å². The van der Waals surface area contributed by atoms with Gasteiger partial charge in [-0.25, -0.2) is 8.42 Å². The zero-order chi connectivity index (χ0) is 22.9. The average molecular weight is 476 g/mol. The largest absolute Gasteiger partial charge is 0.354 e. The SMILES string of the molecule is CS(=O)(=O)c1cc(NC(=O)Cc2ccccc2Cl)cc2nn(CN3CCNC(=O)C3)cc12. The van der Waals surface area contributed by atoms with Gasteiger partial charge in [-0.05, 0) is 23.8 Å². The van der Waals surface area contributed by atoms with Crippen LogP contribution in [0, 0.1) is 0 Å². The van der Waals surface area contributed by atoms with E-state index in [1.54, 1.807) is 41.2 Å². The van der Waals surface area contributed by atoms with Crippen molar-refractivity contribution in [2.24, 2.45) is 0 Å². The predicted molar refractivity (Wildman–Crippen MR) is 121 cm³/mol. The summed E-state index contributed by atoms with van der Waals surface area (Å²) in [4.78, 5) is 26.1. The highest BCUT2D eigenvalue weighted by Crippen LogP contribution is 2.27. The topological polar surface area (TPSA) is 113 Å². The third kappa shape index (κ3) is 5.09. The third-order valence-corrected chi connectivity index (χ3v) is 6.59.